The fourth-order valence-corrected chi connectivity index (χ4v) is 8.80. The van der Waals surface area contributed by atoms with E-state index in [0.29, 0.717) is 58.4 Å². The number of ketones is 1. The van der Waals surface area contributed by atoms with Gasteiger partial charge in [-0.1, -0.05) is 46.8 Å². The Bertz CT molecular complexity index is 695. The zero-order valence-corrected chi connectivity index (χ0v) is 19.3. The minimum atomic E-state index is 0.335. The maximum Gasteiger partial charge on any atom is 0.136 e. The summed E-state index contributed by atoms with van der Waals surface area (Å²) >= 11 is 0. The third-order valence-electron chi connectivity index (χ3n) is 10.5. The number of carbonyl (C=O) groups excluding carboxylic acids is 1. The van der Waals surface area contributed by atoms with Crippen molar-refractivity contribution >= 4 is 5.78 Å². The summed E-state index contributed by atoms with van der Waals surface area (Å²) in [5.74, 6) is 4.89. The molecule has 4 aliphatic carbocycles. The number of ether oxygens (including phenoxy) is 1. The van der Waals surface area contributed by atoms with E-state index in [1.165, 1.54) is 38.5 Å². The largest absolute Gasteiger partial charge is 0.370 e. The van der Waals surface area contributed by atoms with Crippen LogP contribution in [0.25, 0.3) is 0 Å². The van der Waals surface area contributed by atoms with Crippen LogP contribution in [0.4, 0.5) is 0 Å². The zero-order chi connectivity index (χ0) is 20.6. The molecule has 0 aromatic rings. The van der Waals surface area contributed by atoms with Gasteiger partial charge in [0.15, 0.2) is 0 Å². The molecular formula is C27H42O2. The molecule has 10 atom stereocenters. The van der Waals surface area contributed by atoms with Gasteiger partial charge in [-0.2, -0.15) is 0 Å². The molecule has 4 saturated carbocycles. The van der Waals surface area contributed by atoms with Crippen LogP contribution in [0.15, 0.2) is 12.2 Å². The van der Waals surface area contributed by atoms with E-state index in [4.69, 9.17) is 4.74 Å². The molecule has 0 bridgehead atoms. The quantitative estimate of drug-likeness (QED) is 0.403. The minimum Gasteiger partial charge on any atom is -0.370 e. The molecule has 1 saturated heterocycles. The highest BCUT2D eigenvalue weighted by molar-refractivity contribution is 5.83. The van der Waals surface area contributed by atoms with Gasteiger partial charge in [-0.15, -0.1) is 0 Å². The van der Waals surface area contributed by atoms with E-state index in [-0.39, 0.29) is 0 Å². The van der Waals surface area contributed by atoms with Crippen molar-refractivity contribution in [3.63, 3.8) is 0 Å². The molecule has 2 unspecified atom stereocenters. The van der Waals surface area contributed by atoms with Crippen molar-refractivity contribution in [2.45, 2.75) is 98.2 Å². The number of allylic oxidation sites excluding steroid dienone is 2. The summed E-state index contributed by atoms with van der Waals surface area (Å²) < 4.78 is 5.94. The molecular weight excluding hydrogens is 356 g/mol. The Labute approximate surface area is 178 Å². The Hall–Kier alpha value is -0.630. The van der Waals surface area contributed by atoms with Crippen molar-refractivity contribution in [2.24, 2.45) is 52.3 Å². The van der Waals surface area contributed by atoms with Gasteiger partial charge in [0.2, 0.25) is 0 Å². The van der Waals surface area contributed by atoms with Gasteiger partial charge in [-0.3, -0.25) is 4.79 Å². The lowest BCUT2D eigenvalue weighted by Gasteiger charge is -2.59. The third kappa shape index (κ3) is 3.10. The van der Waals surface area contributed by atoms with Crippen LogP contribution in [0.5, 0.6) is 0 Å². The maximum atomic E-state index is 13.5. The highest BCUT2D eigenvalue weighted by atomic mass is 16.6. The standard InChI is InChI=1S/C27H42O2/c1-16(2)7-6-8-17(3)19-9-10-20-25-21(11-12-26(19,20)4)27(5)15-24-23(29-24)14-18(27)13-22(25)28/h6,8,16-21,23-25H,7,9-15H2,1-5H3/b8-6+/t17-,18+,19-,20+,21+,23?,24?,25+,26-,27+/m1/s1. The first-order chi connectivity index (χ1) is 13.7. The van der Waals surface area contributed by atoms with Crippen LogP contribution in [0.2, 0.25) is 0 Å². The second-order valence-corrected chi connectivity index (χ2v) is 12.4. The SMILES string of the molecule is CC(C)C/C=C/[C@@H](C)[C@H]1CC[C@H]2[C@@H]3C(=O)C[C@H]4CC5OC5C[C@]4(C)[C@H]3CC[C@]12C. The van der Waals surface area contributed by atoms with Crippen LogP contribution in [0.1, 0.15) is 86.0 Å². The van der Waals surface area contributed by atoms with Gasteiger partial charge >= 0.3 is 0 Å². The average Bonchev–Trinajstić information content (AvgIpc) is 3.29. The molecule has 1 aliphatic heterocycles. The summed E-state index contributed by atoms with van der Waals surface area (Å²) in [6.07, 6.45) is 15.5. The first kappa shape index (κ1) is 20.3. The maximum absolute atomic E-state index is 13.5. The summed E-state index contributed by atoms with van der Waals surface area (Å²) in [7, 11) is 0. The number of rotatable bonds is 4. The van der Waals surface area contributed by atoms with Crippen molar-refractivity contribution in [1.82, 2.24) is 0 Å². The van der Waals surface area contributed by atoms with E-state index in [1.54, 1.807) is 0 Å². The van der Waals surface area contributed by atoms with Crippen molar-refractivity contribution in [3.8, 4) is 0 Å². The Balaban J connectivity index is 1.37. The molecule has 5 aliphatic rings. The molecule has 0 spiro atoms. The number of Topliss-reactive ketones (excluding diaryl/α,β-unsaturated/α-hetero) is 1. The number of hydrogen-bond acceptors (Lipinski definition) is 2. The van der Waals surface area contributed by atoms with Gasteiger partial charge in [0.25, 0.3) is 0 Å². The highest BCUT2D eigenvalue weighted by Gasteiger charge is 2.65. The number of carbonyl (C=O) groups is 1. The molecule has 1 heterocycles. The predicted molar refractivity (Wildman–Crippen MR) is 117 cm³/mol. The lowest BCUT2D eigenvalue weighted by atomic mass is 9.44. The monoisotopic (exact) mass is 398 g/mol. The van der Waals surface area contributed by atoms with E-state index in [2.05, 4.69) is 46.8 Å². The summed E-state index contributed by atoms with van der Waals surface area (Å²) in [6.45, 7) is 12.1. The summed E-state index contributed by atoms with van der Waals surface area (Å²) in [5, 5.41) is 0. The molecule has 2 heteroatoms. The fourth-order valence-electron chi connectivity index (χ4n) is 8.80. The summed E-state index contributed by atoms with van der Waals surface area (Å²) in [5.41, 5.74) is 0.702. The first-order valence-electron chi connectivity index (χ1n) is 12.6. The van der Waals surface area contributed by atoms with E-state index in [1.807, 2.05) is 0 Å². The van der Waals surface area contributed by atoms with Crippen molar-refractivity contribution in [3.05, 3.63) is 12.2 Å². The normalized spacial score (nSPS) is 52.1. The van der Waals surface area contributed by atoms with E-state index >= 15 is 0 Å². The van der Waals surface area contributed by atoms with Crippen LogP contribution in [0.3, 0.4) is 0 Å². The summed E-state index contributed by atoms with van der Waals surface area (Å²) in [6, 6.07) is 0. The lowest BCUT2D eigenvalue weighted by molar-refractivity contribution is -0.155. The van der Waals surface area contributed by atoms with Crippen molar-refractivity contribution in [1.29, 1.82) is 0 Å². The Morgan fingerprint density at radius 2 is 1.83 bits per heavy atom. The van der Waals surface area contributed by atoms with Crippen molar-refractivity contribution < 1.29 is 9.53 Å². The Morgan fingerprint density at radius 1 is 1.07 bits per heavy atom. The van der Waals surface area contributed by atoms with E-state index < -0.39 is 0 Å². The van der Waals surface area contributed by atoms with Crippen LogP contribution in [-0.4, -0.2) is 18.0 Å². The molecule has 0 aromatic heterocycles. The molecule has 29 heavy (non-hydrogen) atoms. The zero-order valence-electron chi connectivity index (χ0n) is 19.3. The van der Waals surface area contributed by atoms with Crippen LogP contribution in [-0.2, 0) is 9.53 Å². The minimum absolute atomic E-state index is 0.335. The molecule has 162 valence electrons. The number of epoxide rings is 1. The first-order valence-corrected chi connectivity index (χ1v) is 12.6. The van der Waals surface area contributed by atoms with Gasteiger partial charge in [-0.05, 0) is 91.3 Å². The second-order valence-electron chi connectivity index (χ2n) is 12.4. The molecule has 2 nitrogen and oxygen atoms in total. The number of fused-ring (bicyclic) bond motifs is 6. The molecule has 0 radical (unpaired) electrons. The molecule has 0 amide bonds. The van der Waals surface area contributed by atoms with E-state index in [0.717, 1.165) is 24.7 Å². The van der Waals surface area contributed by atoms with E-state index in [9.17, 15) is 4.79 Å². The Kier molecular flexibility index (Phi) is 4.85. The molecule has 5 rings (SSSR count). The summed E-state index contributed by atoms with van der Waals surface area (Å²) in [4.78, 5) is 13.5. The Morgan fingerprint density at radius 3 is 2.59 bits per heavy atom. The average molecular weight is 399 g/mol. The fraction of sp³-hybridized carbons (Fsp3) is 0.889. The topological polar surface area (TPSA) is 29.6 Å². The van der Waals surface area contributed by atoms with Crippen molar-refractivity contribution in [2.75, 3.05) is 0 Å². The lowest BCUT2D eigenvalue weighted by Crippen LogP contribution is -2.57. The predicted octanol–water partition coefficient (Wildman–Crippen LogP) is 6.44. The van der Waals surface area contributed by atoms with Crippen LogP contribution in [0, 0.1) is 52.3 Å². The van der Waals surface area contributed by atoms with Crippen LogP contribution >= 0.6 is 0 Å². The number of hydrogen-bond donors (Lipinski definition) is 0. The smallest absolute Gasteiger partial charge is 0.136 e. The third-order valence-corrected chi connectivity index (χ3v) is 10.5. The second kappa shape index (κ2) is 6.94. The van der Waals surface area contributed by atoms with Gasteiger partial charge in [0.1, 0.15) is 5.78 Å². The van der Waals surface area contributed by atoms with Gasteiger partial charge in [0, 0.05) is 12.3 Å². The van der Waals surface area contributed by atoms with Crippen LogP contribution < -0.4 is 0 Å². The molecule has 5 fully saturated rings. The van der Waals surface area contributed by atoms with Gasteiger partial charge < -0.3 is 4.74 Å². The highest BCUT2D eigenvalue weighted by Crippen LogP contribution is 2.68. The van der Waals surface area contributed by atoms with Gasteiger partial charge in [-0.25, -0.2) is 0 Å². The van der Waals surface area contributed by atoms with Gasteiger partial charge in [0.05, 0.1) is 12.2 Å². The molecule has 0 N–H and O–H groups in total. The molecule has 0 aromatic carbocycles.